The van der Waals surface area contributed by atoms with E-state index in [0.29, 0.717) is 30.1 Å². The number of nitrogen functional groups attached to an aromatic ring is 1. The minimum atomic E-state index is -3.03. The van der Waals surface area contributed by atoms with Gasteiger partial charge in [-0.1, -0.05) is 0 Å². The number of hydrogen-bond donors (Lipinski definition) is 1. The molecule has 7 heteroatoms. The minimum absolute atomic E-state index is 0.0519. The van der Waals surface area contributed by atoms with Gasteiger partial charge in [-0.25, -0.2) is 8.42 Å². The normalized spacial score (nSPS) is 18.6. The lowest BCUT2D eigenvalue weighted by atomic mass is 10.1. The van der Waals surface area contributed by atoms with Crippen molar-refractivity contribution < 1.29 is 17.9 Å². The molecule has 110 valence electrons. The van der Waals surface area contributed by atoms with Gasteiger partial charge in [0.1, 0.15) is 15.6 Å². The van der Waals surface area contributed by atoms with Crippen LogP contribution in [-0.2, 0) is 14.6 Å². The number of amides is 1. The molecular weight excluding hydrogens is 280 g/mol. The SMILES string of the molecule is CC1Oc2cc(N)ccc2N(CCCS(C)(=O)=O)C1=O. The molecule has 0 saturated carbocycles. The van der Waals surface area contributed by atoms with E-state index in [1.807, 2.05) is 0 Å². The molecule has 1 aliphatic rings. The third-order valence-electron chi connectivity index (χ3n) is 3.09. The van der Waals surface area contributed by atoms with Crippen LogP contribution >= 0.6 is 0 Å². The van der Waals surface area contributed by atoms with E-state index in [4.69, 9.17) is 10.5 Å². The molecule has 1 aromatic rings. The summed E-state index contributed by atoms with van der Waals surface area (Å²) < 4.78 is 27.8. The summed E-state index contributed by atoms with van der Waals surface area (Å²) in [6.45, 7) is 2.01. The van der Waals surface area contributed by atoms with Crippen LogP contribution in [0.3, 0.4) is 0 Å². The summed E-state index contributed by atoms with van der Waals surface area (Å²) in [6.07, 6.45) is 0.981. The lowest BCUT2D eigenvalue weighted by Gasteiger charge is -2.33. The first kappa shape index (κ1) is 14.6. The third kappa shape index (κ3) is 3.22. The summed E-state index contributed by atoms with van der Waals surface area (Å²) in [5.74, 6) is 0.434. The minimum Gasteiger partial charge on any atom is -0.479 e. The van der Waals surface area contributed by atoms with Crippen LogP contribution in [0.25, 0.3) is 0 Å². The number of rotatable bonds is 4. The number of nitrogens with two attached hydrogens (primary N) is 1. The first-order valence-corrected chi connectivity index (χ1v) is 8.39. The number of carbonyl (C=O) groups excluding carboxylic acids is 1. The fourth-order valence-corrected chi connectivity index (χ4v) is 2.80. The van der Waals surface area contributed by atoms with Crippen molar-refractivity contribution in [2.45, 2.75) is 19.4 Å². The molecule has 0 fully saturated rings. The van der Waals surface area contributed by atoms with Crippen molar-refractivity contribution >= 4 is 27.1 Å². The summed E-state index contributed by atoms with van der Waals surface area (Å²) >= 11 is 0. The van der Waals surface area contributed by atoms with Gasteiger partial charge in [-0.05, 0) is 25.5 Å². The van der Waals surface area contributed by atoms with Gasteiger partial charge in [0.05, 0.1) is 11.4 Å². The Morgan fingerprint density at radius 1 is 1.40 bits per heavy atom. The van der Waals surface area contributed by atoms with Crippen LogP contribution in [0.1, 0.15) is 13.3 Å². The van der Waals surface area contributed by atoms with Crippen molar-refractivity contribution in [3.05, 3.63) is 18.2 Å². The molecule has 0 spiro atoms. The molecule has 2 N–H and O–H groups in total. The van der Waals surface area contributed by atoms with Gasteiger partial charge >= 0.3 is 0 Å². The molecule has 1 heterocycles. The van der Waals surface area contributed by atoms with E-state index in [9.17, 15) is 13.2 Å². The van der Waals surface area contributed by atoms with Crippen LogP contribution in [0.4, 0.5) is 11.4 Å². The molecule has 1 aromatic carbocycles. The van der Waals surface area contributed by atoms with Gasteiger partial charge in [-0.15, -0.1) is 0 Å². The van der Waals surface area contributed by atoms with E-state index in [2.05, 4.69) is 0 Å². The molecule has 0 aliphatic carbocycles. The molecule has 2 rings (SSSR count). The van der Waals surface area contributed by atoms with E-state index >= 15 is 0 Å². The second kappa shape index (κ2) is 5.32. The maximum Gasteiger partial charge on any atom is 0.267 e. The fraction of sp³-hybridized carbons (Fsp3) is 0.462. The van der Waals surface area contributed by atoms with Crippen LogP contribution in [0.15, 0.2) is 18.2 Å². The largest absolute Gasteiger partial charge is 0.479 e. The number of hydrogen-bond acceptors (Lipinski definition) is 5. The maximum absolute atomic E-state index is 12.1. The molecule has 0 aromatic heterocycles. The van der Waals surface area contributed by atoms with Crippen LogP contribution in [0, 0.1) is 0 Å². The Balaban J connectivity index is 2.21. The van der Waals surface area contributed by atoms with E-state index in [-0.39, 0.29) is 11.7 Å². The number of anilines is 2. The Bertz CT molecular complexity index is 627. The highest BCUT2D eigenvalue weighted by Gasteiger charge is 2.31. The Morgan fingerprint density at radius 3 is 2.75 bits per heavy atom. The number of fused-ring (bicyclic) bond motifs is 1. The van der Waals surface area contributed by atoms with Crippen molar-refractivity contribution in [3.63, 3.8) is 0 Å². The molecule has 0 radical (unpaired) electrons. The van der Waals surface area contributed by atoms with Crippen molar-refractivity contribution in [3.8, 4) is 5.75 Å². The van der Waals surface area contributed by atoms with Crippen LogP contribution in [0.2, 0.25) is 0 Å². The summed E-state index contributed by atoms with van der Waals surface area (Å²) in [5, 5.41) is 0. The first-order chi connectivity index (χ1) is 9.28. The van der Waals surface area contributed by atoms with Gasteiger partial charge in [0.25, 0.3) is 5.91 Å². The molecule has 0 saturated heterocycles. The first-order valence-electron chi connectivity index (χ1n) is 6.33. The third-order valence-corrected chi connectivity index (χ3v) is 4.12. The standard InChI is InChI=1S/C13H18N2O4S/c1-9-13(16)15(6-3-7-20(2,17)18)11-5-4-10(14)8-12(11)19-9/h4-5,8-9H,3,6-7,14H2,1-2H3. The molecular formula is C13H18N2O4S. The zero-order valence-electron chi connectivity index (χ0n) is 11.5. The lowest BCUT2D eigenvalue weighted by Crippen LogP contribution is -2.45. The Labute approximate surface area is 118 Å². The van der Waals surface area contributed by atoms with E-state index in [1.165, 1.54) is 6.26 Å². The van der Waals surface area contributed by atoms with Crippen molar-refractivity contribution in [2.75, 3.05) is 29.2 Å². The average Bonchev–Trinajstić information content (AvgIpc) is 2.32. The fourth-order valence-electron chi connectivity index (χ4n) is 2.14. The molecule has 1 aliphatic heterocycles. The monoisotopic (exact) mass is 298 g/mol. The van der Waals surface area contributed by atoms with Gasteiger partial charge in [0.15, 0.2) is 6.10 Å². The zero-order valence-corrected chi connectivity index (χ0v) is 12.3. The van der Waals surface area contributed by atoms with E-state index in [1.54, 1.807) is 30.0 Å². The highest BCUT2D eigenvalue weighted by atomic mass is 32.2. The van der Waals surface area contributed by atoms with Crippen molar-refractivity contribution in [1.82, 2.24) is 0 Å². The highest BCUT2D eigenvalue weighted by molar-refractivity contribution is 7.90. The van der Waals surface area contributed by atoms with Crippen molar-refractivity contribution in [2.24, 2.45) is 0 Å². The van der Waals surface area contributed by atoms with Gasteiger partial charge in [-0.2, -0.15) is 0 Å². The topological polar surface area (TPSA) is 89.7 Å². The average molecular weight is 298 g/mol. The second-order valence-corrected chi connectivity index (χ2v) is 7.22. The Morgan fingerprint density at radius 2 is 2.10 bits per heavy atom. The highest BCUT2D eigenvalue weighted by Crippen LogP contribution is 2.35. The zero-order chi connectivity index (χ0) is 14.9. The van der Waals surface area contributed by atoms with E-state index < -0.39 is 15.9 Å². The van der Waals surface area contributed by atoms with Gasteiger partial charge in [-0.3, -0.25) is 4.79 Å². The molecule has 0 bridgehead atoms. The number of sulfone groups is 1. The quantitative estimate of drug-likeness (QED) is 0.831. The summed E-state index contributed by atoms with van der Waals surface area (Å²) in [5.41, 5.74) is 6.89. The predicted octanol–water partition coefficient (Wildman–Crippen LogP) is 0.817. The molecule has 20 heavy (non-hydrogen) atoms. The number of benzene rings is 1. The maximum atomic E-state index is 12.1. The number of carbonyl (C=O) groups is 1. The number of nitrogens with zero attached hydrogens (tertiary/aromatic N) is 1. The second-order valence-electron chi connectivity index (χ2n) is 4.96. The summed E-state index contributed by atoms with van der Waals surface area (Å²) in [6, 6.07) is 5.08. The molecule has 6 nitrogen and oxygen atoms in total. The summed E-state index contributed by atoms with van der Waals surface area (Å²) in [4.78, 5) is 13.7. The Kier molecular flexibility index (Phi) is 3.89. The molecule has 1 amide bonds. The van der Waals surface area contributed by atoms with Gasteiger partial charge < -0.3 is 15.4 Å². The molecule has 1 unspecified atom stereocenters. The van der Waals surface area contributed by atoms with Crippen molar-refractivity contribution in [1.29, 1.82) is 0 Å². The van der Waals surface area contributed by atoms with Crippen LogP contribution in [0.5, 0.6) is 5.75 Å². The van der Waals surface area contributed by atoms with E-state index in [0.717, 1.165) is 0 Å². The Hall–Kier alpha value is -1.76. The predicted molar refractivity (Wildman–Crippen MR) is 77.6 cm³/mol. The van der Waals surface area contributed by atoms with Crippen LogP contribution < -0.4 is 15.4 Å². The number of ether oxygens (including phenoxy) is 1. The van der Waals surface area contributed by atoms with Gasteiger partial charge in [0.2, 0.25) is 0 Å². The molecule has 1 atom stereocenters. The lowest BCUT2D eigenvalue weighted by molar-refractivity contribution is -0.125. The smallest absolute Gasteiger partial charge is 0.267 e. The van der Waals surface area contributed by atoms with Gasteiger partial charge in [0, 0.05) is 24.6 Å². The van der Waals surface area contributed by atoms with Crippen LogP contribution in [-0.4, -0.2) is 39.0 Å². The summed E-state index contributed by atoms with van der Waals surface area (Å²) in [7, 11) is -3.03.